The first-order chi connectivity index (χ1) is 7.65. The van der Waals surface area contributed by atoms with Gasteiger partial charge < -0.3 is 25.1 Å². The average Bonchev–Trinajstić information content (AvgIpc) is 2.74. The van der Waals surface area contributed by atoms with Crippen molar-refractivity contribution in [3.05, 3.63) is 17.7 Å². The van der Waals surface area contributed by atoms with Crippen LogP contribution in [-0.2, 0) is 4.79 Å². The first-order valence-electron chi connectivity index (χ1n) is 4.60. The fourth-order valence-electron chi connectivity index (χ4n) is 1.57. The minimum Gasteiger partial charge on any atom is -0.496 e. The predicted octanol–water partition coefficient (Wildman–Crippen LogP) is 0.508. The van der Waals surface area contributed by atoms with Gasteiger partial charge in [-0.25, -0.2) is 0 Å². The third-order valence-corrected chi connectivity index (χ3v) is 2.33. The maximum absolute atomic E-state index is 10.9. The zero-order valence-corrected chi connectivity index (χ0v) is 8.60. The van der Waals surface area contributed by atoms with Crippen molar-refractivity contribution in [2.45, 2.75) is 6.04 Å². The van der Waals surface area contributed by atoms with Gasteiger partial charge in [0.05, 0.1) is 12.7 Å². The lowest BCUT2D eigenvalue weighted by molar-refractivity contribution is -0.138. The lowest BCUT2D eigenvalue weighted by Crippen LogP contribution is -2.21. The number of rotatable bonds is 3. The van der Waals surface area contributed by atoms with Gasteiger partial charge in [-0.15, -0.1) is 0 Å². The Morgan fingerprint density at radius 3 is 2.94 bits per heavy atom. The van der Waals surface area contributed by atoms with Crippen LogP contribution >= 0.6 is 0 Å². The molecule has 0 spiro atoms. The maximum atomic E-state index is 10.9. The highest BCUT2D eigenvalue weighted by Crippen LogP contribution is 2.43. The van der Waals surface area contributed by atoms with Crippen LogP contribution in [-0.4, -0.2) is 25.0 Å². The number of carboxylic acid groups (broad SMARTS) is 1. The summed E-state index contributed by atoms with van der Waals surface area (Å²) in [6, 6.07) is 2.05. The van der Waals surface area contributed by atoms with Crippen molar-refractivity contribution in [3.63, 3.8) is 0 Å². The van der Waals surface area contributed by atoms with E-state index in [0.29, 0.717) is 22.8 Å². The Balaban J connectivity index is 2.56. The Hall–Kier alpha value is -1.95. The van der Waals surface area contributed by atoms with E-state index < -0.39 is 12.0 Å². The summed E-state index contributed by atoms with van der Waals surface area (Å²) in [5.41, 5.74) is 5.87. The fraction of sp³-hybridized carbons (Fsp3) is 0.300. The number of carbonyl (C=O) groups is 1. The molecule has 0 fully saturated rings. The second kappa shape index (κ2) is 3.90. The van der Waals surface area contributed by atoms with Gasteiger partial charge in [0.15, 0.2) is 11.5 Å². The zero-order valence-electron chi connectivity index (χ0n) is 8.60. The van der Waals surface area contributed by atoms with Crippen LogP contribution in [0.25, 0.3) is 0 Å². The number of hydrogen-bond acceptors (Lipinski definition) is 5. The molecule has 0 amide bonds. The molecule has 1 heterocycles. The van der Waals surface area contributed by atoms with Crippen LogP contribution in [0.15, 0.2) is 12.1 Å². The van der Waals surface area contributed by atoms with Gasteiger partial charge in [0.25, 0.3) is 0 Å². The van der Waals surface area contributed by atoms with Crippen LogP contribution in [0.2, 0.25) is 0 Å². The van der Waals surface area contributed by atoms with E-state index in [0.717, 1.165) is 0 Å². The van der Waals surface area contributed by atoms with E-state index in [2.05, 4.69) is 0 Å². The lowest BCUT2D eigenvalue weighted by atomic mass is 10.0. The molecule has 16 heavy (non-hydrogen) atoms. The molecule has 1 atom stereocenters. The van der Waals surface area contributed by atoms with Gasteiger partial charge in [-0.1, -0.05) is 0 Å². The number of benzene rings is 1. The molecule has 86 valence electrons. The monoisotopic (exact) mass is 225 g/mol. The van der Waals surface area contributed by atoms with Crippen molar-refractivity contribution >= 4 is 5.97 Å². The molecule has 0 aliphatic carbocycles. The highest BCUT2D eigenvalue weighted by atomic mass is 16.7. The molecular weight excluding hydrogens is 214 g/mol. The number of aliphatic carboxylic acids is 1. The van der Waals surface area contributed by atoms with Crippen molar-refractivity contribution in [1.82, 2.24) is 0 Å². The summed E-state index contributed by atoms with van der Waals surface area (Å²) in [6.45, 7) is 0.0574. The molecule has 6 nitrogen and oxygen atoms in total. The first-order valence-corrected chi connectivity index (χ1v) is 4.60. The molecule has 3 N–H and O–H groups in total. The normalized spacial score (nSPS) is 14.6. The third kappa shape index (κ3) is 1.53. The number of nitrogens with two attached hydrogens (primary N) is 1. The van der Waals surface area contributed by atoms with Crippen LogP contribution in [0, 0.1) is 0 Å². The van der Waals surface area contributed by atoms with E-state index in [4.69, 9.17) is 25.1 Å². The predicted molar refractivity (Wildman–Crippen MR) is 53.7 cm³/mol. The quantitative estimate of drug-likeness (QED) is 0.778. The number of ether oxygens (including phenoxy) is 3. The Morgan fingerprint density at radius 2 is 2.31 bits per heavy atom. The summed E-state index contributed by atoms with van der Waals surface area (Å²) in [5.74, 6) is 0.0445. The Kier molecular flexibility index (Phi) is 2.57. The number of hydrogen-bond donors (Lipinski definition) is 2. The van der Waals surface area contributed by atoms with Crippen molar-refractivity contribution in [1.29, 1.82) is 0 Å². The maximum Gasteiger partial charge on any atom is 0.325 e. The van der Waals surface area contributed by atoms with Crippen LogP contribution in [0.4, 0.5) is 0 Å². The molecule has 0 saturated carbocycles. The average molecular weight is 225 g/mol. The second-order valence-electron chi connectivity index (χ2n) is 3.23. The van der Waals surface area contributed by atoms with Gasteiger partial charge in [-0.2, -0.15) is 0 Å². The largest absolute Gasteiger partial charge is 0.496 e. The van der Waals surface area contributed by atoms with Crippen LogP contribution in [0.5, 0.6) is 17.2 Å². The molecule has 0 radical (unpaired) electrons. The van der Waals surface area contributed by atoms with Crippen LogP contribution in [0.3, 0.4) is 0 Å². The van der Waals surface area contributed by atoms with Crippen molar-refractivity contribution in [3.8, 4) is 17.2 Å². The number of fused-ring (bicyclic) bond motifs is 1. The third-order valence-electron chi connectivity index (χ3n) is 2.33. The van der Waals surface area contributed by atoms with E-state index in [1.165, 1.54) is 7.11 Å². The van der Waals surface area contributed by atoms with E-state index in [1.54, 1.807) is 12.1 Å². The smallest absolute Gasteiger partial charge is 0.325 e. The summed E-state index contributed by atoms with van der Waals surface area (Å²) in [5, 5.41) is 8.91. The highest BCUT2D eigenvalue weighted by molar-refractivity contribution is 5.79. The standard InChI is InChI=1S/C10H11NO5/c1-14-5-2-3-6-9(16-4-15-6)7(5)8(11)10(12)13/h2-3,8H,4,11H2,1H3,(H,12,13). The molecule has 0 aromatic heterocycles. The van der Waals surface area contributed by atoms with Gasteiger partial charge >= 0.3 is 5.97 Å². The Labute approximate surface area is 91.5 Å². The minimum absolute atomic E-state index is 0.0574. The van der Waals surface area contributed by atoms with E-state index in [-0.39, 0.29) is 6.79 Å². The number of methoxy groups -OCH3 is 1. The molecular formula is C10H11NO5. The summed E-state index contributed by atoms with van der Waals surface area (Å²) < 4.78 is 15.4. The van der Waals surface area contributed by atoms with Crippen LogP contribution in [0.1, 0.15) is 11.6 Å². The molecule has 2 rings (SSSR count). The summed E-state index contributed by atoms with van der Waals surface area (Å²) >= 11 is 0. The van der Waals surface area contributed by atoms with Gasteiger partial charge in [0.1, 0.15) is 11.8 Å². The zero-order chi connectivity index (χ0) is 11.7. The molecule has 1 aliphatic heterocycles. The molecule has 1 aliphatic rings. The van der Waals surface area contributed by atoms with Gasteiger partial charge in [0, 0.05) is 0 Å². The van der Waals surface area contributed by atoms with E-state index in [1.807, 2.05) is 0 Å². The molecule has 0 saturated heterocycles. The van der Waals surface area contributed by atoms with Crippen molar-refractivity contribution in [2.75, 3.05) is 13.9 Å². The molecule has 1 aromatic rings. The second-order valence-corrected chi connectivity index (χ2v) is 3.23. The summed E-state index contributed by atoms with van der Waals surface area (Å²) in [6.07, 6.45) is 0. The van der Waals surface area contributed by atoms with Crippen molar-refractivity contribution < 1.29 is 24.1 Å². The summed E-state index contributed by atoms with van der Waals surface area (Å²) in [4.78, 5) is 10.9. The molecule has 1 aromatic carbocycles. The SMILES string of the molecule is COc1ccc2c(c1C(N)C(=O)O)OCO2. The Morgan fingerprint density at radius 1 is 1.56 bits per heavy atom. The fourth-order valence-corrected chi connectivity index (χ4v) is 1.57. The summed E-state index contributed by atoms with van der Waals surface area (Å²) in [7, 11) is 1.44. The lowest BCUT2D eigenvalue weighted by Gasteiger charge is -2.14. The minimum atomic E-state index is -1.20. The highest BCUT2D eigenvalue weighted by Gasteiger charge is 2.29. The van der Waals surface area contributed by atoms with Gasteiger partial charge in [-0.3, -0.25) is 4.79 Å². The van der Waals surface area contributed by atoms with E-state index in [9.17, 15) is 4.79 Å². The molecule has 0 bridgehead atoms. The van der Waals surface area contributed by atoms with Gasteiger partial charge in [0.2, 0.25) is 6.79 Å². The van der Waals surface area contributed by atoms with Crippen LogP contribution < -0.4 is 19.9 Å². The Bertz CT molecular complexity index is 431. The number of carboxylic acids is 1. The van der Waals surface area contributed by atoms with Gasteiger partial charge in [-0.05, 0) is 12.1 Å². The molecule has 1 unspecified atom stereocenters. The topological polar surface area (TPSA) is 91.0 Å². The molecule has 6 heteroatoms. The first kappa shape index (κ1) is 10.6. The van der Waals surface area contributed by atoms with E-state index >= 15 is 0 Å². The van der Waals surface area contributed by atoms with Crippen molar-refractivity contribution in [2.24, 2.45) is 5.73 Å².